The highest BCUT2D eigenvalue weighted by molar-refractivity contribution is 7.92. The van der Waals surface area contributed by atoms with Crippen molar-refractivity contribution in [1.82, 2.24) is 5.32 Å². The molecule has 4 N–H and O–H groups in total. The van der Waals surface area contributed by atoms with Crippen molar-refractivity contribution < 1.29 is 18.3 Å². The minimum atomic E-state index is -3.06. The van der Waals surface area contributed by atoms with Crippen LogP contribution >= 0.6 is 0 Å². The molecule has 0 radical (unpaired) electrons. The lowest BCUT2D eigenvalue weighted by molar-refractivity contribution is 0.0953. The Bertz CT molecular complexity index is 598. The zero-order chi connectivity index (χ0) is 14.0. The molecule has 7 heteroatoms. The molecule has 1 aliphatic heterocycles. The molecule has 1 unspecified atom stereocenters. The summed E-state index contributed by atoms with van der Waals surface area (Å²) >= 11 is 0. The van der Waals surface area contributed by atoms with E-state index in [1.807, 2.05) is 0 Å². The summed E-state index contributed by atoms with van der Waals surface area (Å²) in [5, 5.41) is 11.5. The van der Waals surface area contributed by atoms with Gasteiger partial charge in [0.15, 0.2) is 9.84 Å². The van der Waals surface area contributed by atoms with Crippen LogP contribution in [-0.4, -0.2) is 37.0 Å². The van der Waals surface area contributed by atoms with E-state index in [0.717, 1.165) is 0 Å². The number of nitrogens with one attached hydrogen (secondary N) is 1. The third kappa shape index (κ3) is 2.98. The van der Waals surface area contributed by atoms with E-state index < -0.39 is 21.0 Å². The molecular formula is C12H16N2O4S. The average Bonchev–Trinajstić information content (AvgIpc) is 2.69. The van der Waals surface area contributed by atoms with Crippen LogP contribution in [0.5, 0.6) is 5.75 Å². The van der Waals surface area contributed by atoms with Crippen molar-refractivity contribution >= 4 is 21.4 Å². The second kappa shape index (κ2) is 5.08. The molecule has 0 aliphatic carbocycles. The first-order valence-electron chi connectivity index (χ1n) is 5.98. The zero-order valence-electron chi connectivity index (χ0n) is 10.3. The second-order valence-electron chi connectivity index (χ2n) is 4.61. The quantitative estimate of drug-likeness (QED) is 0.545. The number of carbonyl (C=O) groups is 1. The molecule has 0 aromatic heterocycles. The average molecular weight is 284 g/mol. The number of benzene rings is 1. The van der Waals surface area contributed by atoms with Crippen molar-refractivity contribution in [3.63, 3.8) is 0 Å². The highest BCUT2D eigenvalue weighted by Gasteiger charge is 2.31. The van der Waals surface area contributed by atoms with E-state index in [1.165, 1.54) is 18.2 Å². The maximum Gasteiger partial charge on any atom is 0.251 e. The van der Waals surface area contributed by atoms with E-state index in [4.69, 9.17) is 5.73 Å². The molecule has 1 aromatic rings. The van der Waals surface area contributed by atoms with Crippen molar-refractivity contribution in [2.45, 2.75) is 18.1 Å². The van der Waals surface area contributed by atoms with Crippen LogP contribution in [0.2, 0.25) is 0 Å². The fraction of sp³-hybridized carbons (Fsp3) is 0.417. The van der Waals surface area contributed by atoms with Crippen LogP contribution in [0.3, 0.4) is 0 Å². The lowest BCUT2D eigenvalue weighted by Crippen LogP contribution is -2.34. The van der Waals surface area contributed by atoms with Crippen molar-refractivity contribution in [3.05, 3.63) is 23.8 Å². The van der Waals surface area contributed by atoms with Gasteiger partial charge < -0.3 is 16.2 Å². The van der Waals surface area contributed by atoms with Gasteiger partial charge in [-0.25, -0.2) is 8.42 Å². The Balaban J connectivity index is 2.00. The monoisotopic (exact) mass is 284 g/mol. The summed E-state index contributed by atoms with van der Waals surface area (Å²) in [6.45, 7) is 0.103. The van der Waals surface area contributed by atoms with Crippen molar-refractivity contribution in [1.29, 1.82) is 0 Å². The van der Waals surface area contributed by atoms with Gasteiger partial charge in [0, 0.05) is 12.1 Å². The molecule has 1 aliphatic rings. The zero-order valence-corrected chi connectivity index (χ0v) is 11.1. The van der Waals surface area contributed by atoms with Gasteiger partial charge in [0.1, 0.15) is 5.75 Å². The number of nitrogen functional groups attached to an aromatic ring is 1. The number of anilines is 1. The fourth-order valence-electron chi connectivity index (χ4n) is 2.08. The molecule has 0 bridgehead atoms. The predicted molar refractivity (Wildman–Crippen MR) is 71.7 cm³/mol. The highest BCUT2D eigenvalue weighted by Crippen LogP contribution is 2.21. The molecule has 1 amide bonds. The molecule has 0 saturated carbocycles. The van der Waals surface area contributed by atoms with Gasteiger partial charge in [0.05, 0.1) is 16.7 Å². The smallest absolute Gasteiger partial charge is 0.251 e. The van der Waals surface area contributed by atoms with Crippen LogP contribution in [-0.2, 0) is 9.84 Å². The van der Waals surface area contributed by atoms with Crippen molar-refractivity contribution in [2.24, 2.45) is 0 Å². The number of nitrogens with two attached hydrogens (primary N) is 1. The molecule has 1 saturated heterocycles. The first-order valence-corrected chi connectivity index (χ1v) is 7.70. The summed E-state index contributed by atoms with van der Waals surface area (Å²) in [7, 11) is -3.06. The molecule has 104 valence electrons. The Morgan fingerprint density at radius 2 is 2.21 bits per heavy atom. The SMILES string of the molecule is Nc1ccc(C(=O)NCC2CCCS2(=O)=O)cc1O. The standard InChI is InChI=1S/C12H16N2O4S/c13-10-4-3-8(6-11(10)15)12(16)14-7-9-2-1-5-19(9,17)18/h3-4,6,9,15H,1-2,5,7,13H2,(H,14,16). The number of hydrogen-bond donors (Lipinski definition) is 3. The number of carbonyl (C=O) groups excluding carboxylic acids is 1. The van der Waals surface area contributed by atoms with Gasteiger partial charge in [0.2, 0.25) is 0 Å². The Morgan fingerprint density at radius 1 is 1.47 bits per heavy atom. The van der Waals surface area contributed by atoms with Gasteiger partial charge in [-0.05, 0) is 31.0 Å². The van der Waals surface area contributed by atoms with Crippen LogP contribution in [0.1, 0.15) is 23.2 Å². The molecule has 0 spiro atoms. The Labute approximate surface area is 111 Å². The second-order valence-corrected chi connectivity index (χ2v) is 7.02. The summed E-state index contributed by atoms with van der Waals surface area (Å²) in [4.78, 5) is 11.8. The fourth-order valence-corrected chi connectivity index (χ4v) is 3.85. The molecule has 19 heavy (non-hydrogen) atoms. The molecular weight excluding hydrogens is 268 g/mol. The molecule has 2 rings (SSSR count). The Hall–Kier alpha value is -1.76. The summed E-state index contributed by atoms with van der Waals surface area (Å²) in [6.07, 6.45) is 1.22. The molecule has 1 heterocycles. The van der Waals surface area contributed by atoms with Gasteiger partial charge in [-0.2, -0.15) is 0 Å². The Kier molecular flexibility index (Phi) is 3.66. The first-order chi connectivity index (χ1) is 8.90. The summed E-state index contributed by atoms with van der Waals surface area (Å²) in [6, 6.07) is 4.16. The predicted octanol–water partition coefficient (Wildman–Crippen LogP) is 0.281. The number of amides is 1. The van der Waals surface area contributed by atoms with E-state index in [0.29, 0.717) is 12.8 Å². The summed E-state index contributed by atoms with van der Waals surface area (Å²) in [5.74, 6) is -0.394. The van der Waals surface area contributed by atoms with Gasteiger partial charge in [-0.3, -0.25) is 4.79 Å². The van der Waals surface area contributed by atoms with Gasteiger partial charge in [0.25, 0.3) is 5.91 Å². The van der Waals surface area contributed by atoms with E-state index in [9.17, 15) is 18.3 Å². The van der Waals surface area contributed by atoms with Crippen LogP contribution < -0.4 is 11.1 Å². The van der Waals surface area contributed by atoms with E-state index in [1.54, 1.807) is 0 Å². The maximum absolute atomic E-state index is 11.8. The topological polar surface area (TPSA) is 109 Å². The van der Waals surface area contributed by atoms with E-state index in [-0.39, 0.29) is 29.3 Å². The van der Waals surface area contributed by atoms with Gasteiger partial charge in [-0.1, -0.05) is 0 Å². The van der Waals surface area contributed by atoms with Gasteiger partial charge >= 0.3 is 0 Å². The lowest BCUT2D eigenvalue weighted by atomic mass is 10.1. The van der Waals surface area contributed by atoms with Gasteiger partial charge in [-0.15, -0.1) is 0 Å². The first kappa shape index (κ1) is 13.7. The van der Waals surface area contributed by atoms with Crippen molar-refractivity contribution in [2.75, 3.05) is 18.0 Å². The minimum Gasteiger partial charge on any atom is -0.506 e. The molecule has 1 atom stereocenters. The number of sulfone groups is 1. The highest BCUT2D eigenvalue weighted by atomic mass is 32.2. The van der Waals surface area contributed by atoms with Crippen LogP contribution in [0, 0.1) is 0 Å². The third-order valence-corrected chi connectivity index (χ3v) is 5.52. The van der Waals surface area contributed by atoms with E-state index in [2.05, 4.69) is 5.32 Å². The molecule has 1 aromatic carbocycles. The largest absolute Gasteiger partial charge is 0.506 e. The Morgan fingerprint density at radius 3 is 2.79 bits per heavy atom. The van der Waals surface area contributed by atoms with Crippen LogP contribution in [0.25, 0.3) is 0 Å². The maximum atomic E-state index is 11.8. The van der Waals surface area contributed by atoms with Crippen molar-refractivity contribution in [3.8, 4) is 5.75 Å². The van der Waals surface area contributed by atoms with E-state index >= 15 is 0 Å². The normalized spacial score (nSPS) is 21.2. The molecule has 1 fully saturated rings. The summed E-state index contributed by atoms with van der Waals surface area (Å²) < 4.78 is 23.2. The molecule has 6 nitrogen and oxygen atoms in total. The summed E-state index contributed by atoms with van der Waals surface area (Å²) in [5.41, 5.74) is 5.88. The number of phenols is 1. The van der Waals surface area contributed by atoms with Crippen LogP contribution in [0.4, 0.5) is 5.69 Å². The number of hydrogen-bond acceptors (Lipinski definition) is 5. The lowest BCUT2D eigenvalue weighted by Gasteiger charge is -2.11. The van der Waals surface area contributed by atoms with Crippen LogP contribution in [0.15, 0.2) is 18.2 Å². The number of rotatable bonds is 3. The minimum absolute atomic E-state index is 0.103. The number of phenolic OH excluding ortho intramolecular Hbond substituents is 1. The number of aromatic hydroxyl groups is 1. The third-order valence-electron chi connectivity index (χ3n) is 3.25.